The van der Waals surface area contributed by atoms with Gasteiger partial charge in [0.05, 0.1) is 6.42 Å². The minimum Gasteiger partial charge on any atom is -0.264 e. The molecule has 4 aliphatic carbocycles. The molecule has 0 radical (unpaired) electrons. The second-order valence-electron chi connectivity index (χ2n) is 6.78. The molecule has 0 saturated heterocycles. The Hall–Kier alpha value is -1.20. The minimum absolute atomic E-state index is 0.145. The SMILES string of the molecule is CC12CC3CC([N+](=O)[O-])(C1)CC([N+](=O)[O-])(C3)C2. The summed E-state index contributed by atoms with van der Waals surface area (Å²) >= 11 is 0. The molecule has 94 valence electrons. The third-order valence-electron chi connectivity index (χ3n) is 5.06. The largest absolute Gasteiger partial charge is 0.264 e. The lowest BCUT2D eigenvalue weighted by Gasteiger charge is -2.57. The van der Waals surface area contributed by atoms with Gasteiger partial charge in [-0.05, 0) is 17.8 Å². The zero-order valence-electron chi connectivity index (χ0n) is 9.85. The van der Waals surface area contributed by atoms with E-state index in [1.165, 1.54) is 0 Å². The van der Waals surface area contributed by atoms with Crippen molar-refractivity contribution in [1.29, 1.82) is 0 Å². The van der Waals surface area contributed by atoms with Gasteiger partial charge in [-0.25, -0.2) is 0 Å². The van der Waals surface area contributed by atoms with Crippen LogP contribution in [0.2, 0.25) is 0 Å². The summed E-state index contributed by atoms with van der Waals surface area (Å²) in [5.74, 6) is 0.173. The van der Waals surface area contributed by atoms with E-state index in [9.17, 15) is 20.2 Å². The summed E-state index contributed by atoms with van der Waals surface area (Å²) in [6.07, 6.45) is 3.22. The Bertz CT molecular complexity index is 392. The molecule has 6 nitrogen and oxygen atoms in total. The number of hydrogen-bond donors (Lipinski definition) is 0. The minimum atomic E-state index is -1.01. The standard InChI is InChI=1S/C11H16N2O4/c1-9-2-8-3-10(5-9,12(14)15)7-11(4-8,6-9)13(16)17/h8H,2-7H2,1H3. The molecular weight excluding hydrogens is 224 g/mol. The smallest absolute Gasteiger partial charge is 0.229 e. The highest BCUT2D eigenvalue weighted by Crippen LogP contribution is 2.64. The molecule has 2 atom stereocenters. The van der Waals surface area contributed by atoms with Gasteiger partial charge in [-0.2, -0.15) is 0 Å². The van der Waals surface area contributed by atoms with Gasteiger partial charge in [0, 0.05) is 35.5 Å². The Labute approximate surface area is 98.7 Å². The zero-order chi connectivity index (χ0) is 12.5. The molecule has 0 amide bonds. The fourth-order valence-corrected chi connectivity index (χ4v) is 5.22. The van der Waals surface area contributed by atoms with Crippen molar-refractivity contribution in [3.63, 3.8) is 0 Å². The van der Waals surface area contributed by atoms with Crippen LogP contribution in [0.1, 0.15) is 45.4 Å². The van der Waals surface area contributed by atoms with E-state index < -0.39 is 11.1 Å². The van der Waals surface area contributed by atoms with Crippen molar-refractivity contribution in [1.82, 2.24) is 0 Å². The Kier molecular flexibility index (Phi) is 1.79. The molecule has 4 aliphatic rings. The second-order valence-corrected chi connectivity index (χ2v) is 6.78. The molecule has 6 heteroatoms. The molecule has 4 saturated carbocycles. The average Bonchev–Trinajstić information content (AvgIpc) is 2.12. The molecule has 0 aromatic carbocycles. The molecule has 0 heterocycles. The highest BCUT2D eigenvalue weighted by atomic mass is 16.6. The molecule has 0 N–H and O–H groups in total. The van der Waals surface area contributed by atoms with E-state index in [4.69, 9.17) is 0 Å². The lowest BCUT2D eigenvalue weighted by molar-refractivity contribution is -0.648. The van der Waals surface area contributed by atoms with Crippen LogP contribution >= 0.6 is 0 Å². The van der Waals surface area contributed by atoms with Gasteiger partial charge in [0.15, 0.2) is 0 Å². The molecule has 0 aromatic rings. The van der Waals surface area contributed by atoms with E-state index in [0.717, 1.165) is 6.42 Å². The quantitative estimate of drug-likeness (QED) is 0.545. The Morgan fingerprint density at radius 2 is 1.41 bits per heavy atom. The highest BCUT2D eigenvalue weighted by Gasteiger charge is 2.72. The van der Waals surface area contributed by atoms with Crippen LogP contribution in [0.15, 0.2) is 0 Å². The van der Waals surface area contributed by atoms with Crippen molar-refractivity contribution in [2.45, 2.75) is 56.5 Å². The summed E-state index contributed by atoms with van der Waals surface area (Å²) in [5.41, 5.74) is -2.22. The second kappa shape index (κ2) is 2.79. The van der Waals surface area contributed by atoms with Crippen LogP contribution in [0.4, 0.5) is 0 Å². The molecule has 17 heavy (non-hydrogen) atoms. The summed E-state index contributed by atoms with van der Waals surface area (Å²) in [6.45, 7) is 1.99. The molecule has 0 aromatic heterocycles. The normalized spacial score (nSPS) is 51.5. The van der Waals surface area contributed by atoms with Gasteiger partial charge in [0.25, 0.3) is 0 Å². The molecular formula is C11H16N2O4. The van der Waals surface area contributed by atoms with Crippen molar-refractivity contribution < 1.29 is 9.85 Å². The lowest BCUT2D eigenvalue weighted by atomic mass is 9.45. The summed E-state index contributed by atoms with van der Waals surface area (Å²) in [5, 5.41) is 22.7. The maximum absolute atomic E-state index is 11.3. The molecule has 4 bridgehead atoms. The first kappa shape index (κ1) is 10.9. The maximum atomic E-state index is 11.3. The molecule has 2 unspecified atom stereocenters. The molecule has 4 fully saturated rings. The van der Waals surface area contributed by atoms with Crippen molar-refractivity contribution >= 4 is 0 Å². The molecule has 4 rings (SSSR count). The van der Waals surface area contributed by atoms with Crippen molar-refractivity contribution in [3.8, 4) is 0 Å². The van der Waals surface area contributed by atoms with Crippen molar-refractivity contribution in [2.24, 2.45) is 11.3 Å². The van der Waals surface area contributed by atoms with Crippen LogP contribution in [-0.2, 0) is 0 Å². The van der Waals surface area contributed by atoms with Gasteiger partial charge >= 0.3 is 0 Å². The van der Waals surface area contributed by atoms with E-state index in [-0.39, 0.29) is 27.6 Å². The first-order chi connectivity index (χ1) is 7.79. The topological polar surface area (TPSA) is 86.3 Å². The Morgan fingerprint density at radius 3 is 1.76 bits per heavy atom. The maximum Gasteiger partial charge on any atom is 0.229 e. The van der Waals surface area contributed by atoms with Crippen LogP contribution in [0.5, 0.6) is 0 Å². The van der Waals surface area contributed by atoms with E-state index in [0.29, 0.717) is 25.7 Å². The summed E-state index contributed by atoms with van der Waals surface area (Å²) in [6, 6.07) is 0. The van der Waals surface area contributed by atoms with Gasteiger partial charge in [-0.1, -0.05) is 6.92 Å². The predicted octanol–water partition coefficient (Wildman–Crippen LogP) is 2.02. The van der Waals surface area contributed by atoms with Crippen LogP contribution in [0, 0.1) is 31.6 Å². The summed E-state index contributed by atoms with van der Waals surface area (Å²) in [7, 11) is 0. The number of hydrogen-bond acceptors (Lipinski definition) is 4. The summed E-state index contributed by atoms with van der Waals surface area (Å²) in [4.78, 5) is 22.2. The summed E-state index contributed by atoms with van der Waals surface area (Å²) < 4.78 is 0. The predicted molar refractivity (Wildman–Crippen MR) is 58.7 cm³/mol. The van der Waals surface area contributed by atoms with Gasteiger partial charge < -0.3 is 0 Å². The number of nitrogens with zero attached hydrogens (tertiary/aromatic N) is 2. The lowest BCUT2D eigenvalue weighted by Crippen LogP contribution is -2.67. The van der Waals surface area contributed by atoms with Crippen molar-refractivity contribution in [2.75, 3.05) is 0 Å². The van der Waals surface area contributed by atoms with Gasteiger partial charge in [-0.3, -0.25) is 20.2 Å². The Balaban J connectivity index is 2.09. The van der Waals surface area contributed by atoms with Crippen LogP contribution in [-0.4, -0.2) is 20.9 Å². The number of nitro groups is 2. The fourth-order valence-electron chi connectivity index (χ4n) is 5.22. The van der Waals surface area contributed by atoms with Crippen LogP contribution in [0.3, 0.4) is 0 Å². The van der Waals surface area contributed by atoms with Gasteiger partial charge in [0.1, 0.15) is 0 Å². The molecule has 0 spiro atoms. The zero-order valence-corrected chi connectivity index (χ0v) is 9.85. The van der Waals surface area contributed by atoms with E-state index >= 15 is 0 Å². The van der Waals surface area contributed by atoms with Crippen LogP contribution < -0.4 is 0 Å². The van der Waals surface area contributed by atoms with Crippen molar-refractivity contribution in [3.05, 3.63) is 20.2 Å². The van der Waals surface area contributed by atoms with E-state index in [1.807, 2.05) is 6.92 Å². The van der Waals surface area contributed by atoms with Gasteiger partial charge in [-0.15, -0.1) is 0 Å². The third kappa shape index (κ3) is 1.26. The highest BCUT2D eigenvalue weighted by molar-refractivity contribution is 5.13. The van der Waals surface area contributed by atoms with E-state index in [1.54, 1.807) is 0 Å². The molecule has 0 aliphatic heterocycles. The van der Waals surface area contributed by atoms with E-state index in [2.05, 4.69) is 0 Å². The number of rotatable bonds is 2. The monoisotopic (exact) mass is 240 g/mol. The third-order valence-corrected chi connectivity index (χ3v) is 5.06. The Morgan fingerprint density at radius 1 is 0.941 bits per heavy atom. The first-order valence-electron chi connectivity index (χ1n) is 6.08. The fraction of sp³-hybridized carbons (Fsp3) is 1.00. The average molecular weight is 240 g/mol. The van der Waals surface area contributed by atoms with Gasteiger partial charge in [0.2, 0.25) is 11.1 Å². The first-order valence-corrected chi connectivity index (χ1v) is 6.08. The van der Waals surface area contributed by atoms with Crippen LogP contribution in [0.25, 0.3) is 0 Å².